The van der Waals surface area contributed by atoms with E-state index in [1.807, 2.05) is 0 Å². The number of aliphatic hydroxyl groups is 1. The number of aromatic nitrogens is 3. The fraction of sp³-hybridized carbons (Fsp3) is 0.538. The first kappa shape index (κ1) is 10.7. The van der Waals surface area contributed by atoms with Crippen molar-refractivity contribution in [1.82, 2.24) is 14.6 Å². The summed E-state index contributed by atoms with van der Waals surface area (Å²) < 4.78 is 1.76. The van der Waals surface area contributed by atoms with Gasteiger partial charge in [0.05, 0.1) is 24.0 Å². The summed E-state index contributed by atoms with van der Waals surface area (Å²) in [5.41, 5.74) is 1.82. The Bertz CT molecular complexity index is 502. The highest BCUT2D eigenvalue weighted by Crippen LogP contribution is 2.33. The summed E-state index contributed by atoms with van der Waals surface area (Å²) in [4.78, 5) is 4.09. The van der Waals surface area contributed by atoms with Gasteiger partial charge in [0.1, 0.15) is 0 Å². The number of rotatable bonds is 3. The maximum absolute atomic E-state index is 10.3. The van der Waals surface area contributed by atoms with Crippen molar-refractivity contribution in [3.05, 3.63) is 30.4 Å². The third-order valence-corrected chi connectivity index (χ3v) is 3.74. The molecule has 1 atom stereocenters. The van der Waals surface area contributed by atoms with Crippen molar-refractivity contribution in [2.75, 3.05) is 0 Å². The molecule has 1 N–H and O–H groups in total. The first-order valence-electron chi connectivity index (χ1n) is 6.30. The quantitative estimate of drug-likeness (QED) is 0.882. The normalized spacial score (nSPS) is 18.9. The van der Waals surface area contributed by atoms with E-state index in [0.29, 0.717) is 5.92 Å². The molecule has 0 spiro atoms. The zero-order valence-electron chi connectivity index (χ0n) is 9.79. The third-order valence-electron chi connectivity index (χ3n) is 3.74. The van der Waals surface area contributed by atoms with Crippen LogP contribution < -0.4 is 0 Å². The van der Waals surface area contributed by atoms with Crippen molar-refractivity contribution >= 4 is 5.52 Å². The van der Waals surface area contributed by atoms with Gasteiger partial charge in [-0.1, -0.05) is 25.7 Å². The smallest absolute Gasteiger partial charge is 0.0902 e. The molecule has 1 fully saturated rings. The van der Waals surface area contributed by atoms with Gasteiger partial charge in [0.2, 0.25) is 0 Å². The topological polar surface area (TPSA) is 50.4 Å². The molecule has 1 unspecified atom stereocenters. The van der Waals surface area contributed by atoms with E-state index in [1.54, 1.807) is 29.3 Å². The molecule has 0 radical (unpaired) electrons. The minimum Gasteiger partial charge on any atom is -0.388 e. The van der Waals surface area contributed by atoms with Crippen LogP contribution in [0.1, 0.15) is 43.8 Å². The van der Waals surface area contributed by atoms with Crippen LogP contribution in [0.5, 0.6) is 0 Å². The Kier molecular flexibility index (Phi) is 2.81. The number of aliphatic hydroxyl groups excluding tert-OH is 1. The van der Waals surface area contributed by atoms with Gasteiger partial charge in [0.15, 0.2) is 0 Å². The predicted molar refractivity (Wildman–Crippen MR) is 64.5 cm³/mol. The van der Waals surface area contributed by atoms with E-state index in [1.165, 1.54) is 25.7 Å². The standard InChI is InChI=1S/C13H17N3O/c17-13(7-10-3-1-2-4-10)11-8-15-16-6-5-14-9-12(11)16/h5-6,8-10,13,17H,1-4,7H2. The molecular formula is C13H17N3O. The summed E-state index contributed by atoms with van der Waals surface area (Å²) in [5.74, 6) is 0.677. The van der Waals surface area contributed by atoms with Crippen molar-refractivity contribution in [2.45, 2.75) is 38.2 Å². The molecule has 17 heavy (non-hydrogen) atoms. The van der Waals surface area contributed by atoms with Crippen molar-refractivity contribution in [1.29, 1.82) is 0 Å². The van der Waals surface area contributed by atoms with Crippen molar-refractivity contribution in [3.8, 4) is 0 Å². The van der Waals surface area contributed by atoms with Gasteiger partial charge in [-0.3, -0.25) is 4.98 Å². The zero-order valence-corrected chi connectivity index (χ0v) is 9.79. The van der Waals surface area contributed by atoms with Crippen LogP contribution in [0.2, 0.25) is 0 Å². The molecule has 0 saturated heterocycles. The number of fused-ring (bicyclic) bond motifs is 1. The van der Waals surface area contributed by atoms with Crippen LogP contribution in [0, 0.1) is 5.92 Å². The van der Waals surface area contributed by atoms with Crippen molar-refractivity contribution in [2.24, 2.45) is 5.92 Å². The molecule has 1 aliphatic rings. The van der Waals surface area contributed by atoms with Gasteiger partial charge in [-0.15, -0.1) is 0 Å². The molecular weight excluding hydrogens is 214 g/mol. The Labute approximate surface area is 100 Å². The van der Waals surface area contributed by atoms with E-state index in [4.69, 9.17) is 0 Å². The van der Waals surface area contributed by atoms with Gasteiger partial charge in [0, 0.05) is 18.0 Å². The molecule has 0 bridgehead atoms. The van der Waals surface area contributed by atoms with Crippen LogP contribution in [-0.4, -0.2) is 19.7 Å². The SMILES string of the molecule is OC(CC1CCCC1)c1cnn2ccncc12. The Balaban J connectivity index is 1.82. The molecule has 1 aliphatic carbocycles. The molecule has 2 heterocycles. The summed E-state index contributed by atoms with van der Waals surface area (Å²) in [7, 11) is 0. The van der Waals surface area contributed by atoms with Crippen LogP contribution in [-0.2, 0) is 0 Å². The summed E-state index contributed by atoms with van der Waals surface area (Å²) >= 11 is 0. The monoisotopic (exact) mass is 231 g/mol. The minimum atomic E-state index is -0.403. The van der Waals surface area contributed by atoms with E-state index in [0.717, 1.165) is 17.5 Å². The van der Waals surface area contributed by atoms with E-state index in [2.05, 4.69) is 10.1 Å². The summed E-state index contributed by atoms with van der Waals surface area (Å²) in [6.07, 6.45) is 12.6. The Hall–Kier alpha value is -1.42. The van der Waals surface area contributed by atoms with E-state index in [9.17, 15) is 5.11 Å². The second kappa shape index (κ2) is 4.45. The lowest BCUT2D eigenvalue weighted by Gasteiger charge is -2.14. The lowest BCUT2D eigenvalue weighted by atomic mass is 9.96. The van der Waals surface area contributed by atoms with Crippen LogP contribution in [0.4, 0.5) is 0 Å². The molecule has 2 aromatic rings. The van der Waals surface area contributed by atoms with Gasteiger partial charge in [0.25, 0.3) is 0 Å². The minimum absolute atomic E-state index is 0.403. The highest BCUT2D eigenvalue weighted by molar-refractivity contribution is 5.52. The lowest BCUT2D eigenvalue weighted by Crippen LogP contribution is -2.04. The Morgan fingerprint density at radius 2 is 2.18 bits per heavy atom. The number of hydrogen-bond donors (Lipinski definition) is 1. The van der Waals surface area contributed by atoms with Crippen LogP contribution in [0.3, 0.4) is 0 Å². The summed E-state index contributed by atoms with van der Waals surface area (Å²) in [6.45, 7) is 0. The van der Waals surface area contributed by atoms with Gasteiger partial charge in [-0.05, 0) is 12.3 Å². The molecule has 1 saturated carbocycles. The second-order valence-electron chi connectivity index (χ2n) is 4.91. The molecule has 3 rings (SSSR count). The first-order valence-corrected chi connectivity index (χ1v) is 6.30. The van der Waals surface area contributed by atoms with Crippen LogP contribution in [0.15, 0.2) is 24.8 Å². The predicted octanol–water partition coefficient (Wildman–Crippen LogP) is 2.34. The molecule has 0 aromatic carbocycles. The molecule has 4 heteroatoms. The van der Waals surface area contributed by atoms with Gasteiger partial charge in [-0.2, -0.15) is 5.10 Å². The van der Waals surface area contributed by atoms with E-state index < -0.39 is 6.10 Å². The molecule has 2 aromatic heterocycles. The molecule has 0 amide bonds. The molecule has 0 aliphatic heterocycles. The fourth-order valence-electron chi connectivity index (χ4n) is 2.80. The average Bonchev–Trinajstić information content (AvgIpc) is 2.96. The van der Waals surface area contributed by atoms with Crippen molar-refractivity contribution in [3.63, 3.8) is 0 Å². The first-order chi connectivity index (χ1) is 8.34. The maximum atomic E-state index is 10.3. The Morgan fingerprint density at radius 1 is 1.35 bits per heavy atom. The zero-order chi connectivity index (χ0) is 11.7. The maximum Gasteiger partial charge on any atom is 0.0902 e. The number of hydrogen-bond acceptors (Lipinski definition) is 3. The average molecular weight is 231 g/mol. The number of nitrogens with zero attached hydrogens (tertiary/aromatic N) is 3. The third kappa shape index (κ3) is 2.05. The molecule has 4 nitrogen and oxygen atoms in total. The largest absolute Gasteiger partial charge is 0.388 e. The molecule has 90 valence electrons. The highest BCUT2D eigenvalue weighted by Gasteiger charge is 2.21. The fourth-order valence-corrected chi connectivity index (χ4v) is 2.80. The Morgan fingerprint density at radius 3 is 3.00 bits per heavy atom. The van der Waals surface area contributed by atoms with E-state index >= 15 is 0 Å². The van der Waals surface area contributed by atoms with Crippen LogP contribution >= 0.6 is 0 Å². The second-order valence-corrected chi connectivity index (χ2v) is 4.91. The highest BCUT2D eigenvalue weighted by atomic mass is 16.3. The van der Waals surface area contributed by atoms with Crippen LogP contribution in [0.25, 0.3) is 5.52 Å². The van der Waals surface area contributed by atoms with E-state index in [-0.39, 0.29) is 0 Å². The lowest BCUT2D eigenvalue weighted by molar-refractivity contribution is 0.146. The summed E-state index contributed by atoms with van der Waals surface area (Å²) in [6, 6.07) is 0. The van der Waals surface area contributed by atoms with Crippen molar-refractivity contribution < 1.29 is 5.11 Å². The summed E-state index contributed by atoms with van der Waals surface area (Å²) in [5, 5.41) is 14.5. The van der Waals surface area contributed by atoms with Gasteiger partial charge >= 0.3 is 0 Å². The van der Waals surface area contributed by atoms with Gasteiger partial charge in [-0.25, -0.2) is 4.52 Å². The van der Waals surface area contributed by atoms with Gasteiger partial charge < -0.3 is 5.11 Å².